The maximum Gasteiger partial charge on any atom is 0.271 e. The Hall–Kier alpha value is -2.69. The van der Waals surface area contributed by atoms with E-state index in [1.54, 1.807) is 12.1 Å². The fraction of sp³-hybridized carbons (Fsp3) is 0. The Morgan fingerprint density at radius 1 is 1.21 bits per heavy atom. The molecule has 0 spiro atoms. The van der Waals surface area contributed by atoms with Crippen LogP contribution in [-0.4, -0.2) is 17.2 Å². The van der Waals surface area contributed by atoms with E-state index >= 15 is 0 Å². The van der Waals surface area contributed by atoms with Crippen molar-refractivity contribution < 1.29 is 14.3 Å². The Labute approximate surface area is 109 Å². The summed E-state index contributed by atoms with van der Waals surface area (Å²) in [5.74, 6) is -0.693. The van der Waals surface area contributed by atoms with Gasteiger partial charge in [-0.1, -0.05) is 12.1 Å². The molecule has 0 aliphatic rings. The summed E-state index contributed by atoms with van der Waals surface area (Å²) in [7, 11) is 0. The molecule has 0 radical (unpaired) electrons. The third-order valence-corrected chi connectivity index (χ3v) is 2.36. The molecule has 2 N–H and O–H groups in total. The van der Waals surface area contributed by atoms with Crippen LogP contribution in [0.1, 0.15) is 15.9 Å². The molecule has 0 saturated carbocycles. The van der Waals surface area contributed by atoms with Gasteiger partial charge in [-0.25, -0.2) is 9.82 Å². The highest BCUT2D eigenvalue weighted by Gasteiger charge is 2.03. The van der Waals surface area contributed by atoms with Crippen LogP contribution < -0.4 is 5.43 Å². The Kier molecular flexibility index (Phi) is 3.87. The molecular formula is C14H11FN2O2. The van der Waals surface area contributed by atoms with Crippen LogP contribution in [0.15, 0.2) is 53.6 Å². The molecule has 0 bridgehead atoms. The van der Waals surface area contributed by atoms with Crippen molar-refractivity contribution in [3.8, 4) is 5.75 Å². The fourth-order valence-corrected chi connectivity index (χ4v) is 1.43. The quantitative estimate of drug-likeness (QED) is 0.655. The SMILES string of the molecule is O=C(NN=Cc1cccc(F)c1)c1ccc(O)cc1. The number of hydrogen-bond acceptors (Lipinski definition) is 3. The summed E-state index contributed by atoms with van der Waals surface area (Å²) >= 11 is 0. The smallest absolute Gasteiger partial charge is 0.271 e. The zero-order chi connectivity index (χ0) is 13.7. The van der Waals surface area contributed by atoms with Gasteiger partial charge in [-0.15, -0.1) is 0 Å². The van der Waals surface area contributed by atoms with Gasteiger partial charge in [0.2, 0.25) is 0 Å². The number of benzene rings is 2. The van der Waals surface area contributed by atoms with Gasteiger partial charge in [0.15, 0.2) is 0 Å². The van der Waals surface area contributed by atoms with Crippen molar-refractivity contribution in [3.05, 3.63) is 65.5 Å². The lowest BCUT2D eigenvalue weighted by Crippen LogP contribution is -2.17. The molecule has 1 amide bonds. The third kappa shape index (κ3) is 3.64. The highest BCUT2D eigenvalue weighted by Crippen LogP contribution is 2.09. The summed E-state index contributed by atoms with van der Waals surface area (Å²) in [6, 6.07) is 11.6. The standard InChI is InChI=1S/C14H11FN2O2/c15-12-3-1-2-10(8-12)9-16-17-14(19)11-4-6-13(18)7-5-11/h1-9,18H,(H,17,19). The summed E-state index contributed by atoms with van der Waals surface area (Å²) < 4.78 is 12.9. The molecule has 0 unspecified atom stereocenters. The van der Waals surface area contributed by atoms with Gasteiger partial charge in [0.1, 0.15) is 11.6 Å². The van der Waals surface area contributed by atoms with E-state index in [1.807, 2.05) is 0 Å². The number of phenols is 1. The van der Waals surface area contributed by atoms with Gasteiger partial charge in [-0.3, -0.25) is 4.79 Å². The average molecular weight is 258 g/mol. The van der Waals surface area contributed by atoms with Crippen LogP contribution in [0.25, 0.3) is 0 Å². The maximum absolute atomic E-state index is 12.9. The number of amides is 1. The molecule has 96 valence electrons. The molecule has 2 aromatic carbocycles. The molecule has 4 nitrogen and oxygen atoms in total. The zero-order valence-corrected chi connectivity index (χ0v) is 9.88. The van der Waals surface area contributed by atoms with Crippen molar-refractivity contribution in [1.82, 2.24) is 5.43 Å². The van der Waals surface area contributed by atoms with Crippen LogP contribution in [0, 0.1) is 5.82 Å². The van der Waals surface area contributed by atoms with Crippen LogP contribution in [0.5, 0.6) is 5.75 Å². The van der Waals surface area contributed by atoms with E-state index in [1.165, 1.54) is 42.6 Å². The molecule has 5 heteroatoms. The molecule has 0 fully saturated rings. The predicted octanol–water partition coefficient (Wildman–Crippen LogP) is 2.30. The molecule has 0 heterocycles. The van der Waals surface area contributed by atoms with Gasteiger partial charge < -0.3 is 5.11 Å². The minimum atomic E-state index is -0.410. The van der Waals surface area contributed by atoms with Gasteiger partial charge in [0.05, 0.1) is 6.21 Å². The zero-order valence-electron chi connectivity index (χ0n) is 9.88. The van der Waals surface area contributed by atoms with E-state index in [4.69, 9.17) is 5.11 Å². The van der Waals surface area contributed by atoms with Crippen molar-refractivity contribution in [2.24, 2.45) is 5.10 Å². The van der Waals surface area contributed by atoms with E-state index in [2.05, 4.69) is 10.5 Å². The first-order valence-corrected chi connectivity index (χ1v) is 5.53. The Bertz CT molecular complexity index is 609. The number of carbonyl (C=O) groups excluding carboxylic acids is 1. The Morgan fingerprint density at radius 2 is 1.95 bits per heavy atom. The lowest BCUT2D eigenvalue weighted by atomic mass is 10.2. The lowest BCUT2D eigenvalue weighted by Gasteiger charge is -1.99. The van der Waals surface area contributed by atoms with Crippen molar-refractivity contribution in [3.63, 3.8) is 0 Å². The minimum Gasteiger partial charge on any atom is -0.508 e. The first-order valence-electron chi connectivity index (χ1n) is 5.53. The normalized spacial score (nSPS) is 10.6. The average Bonchev–Trinajstić information content (AvgIpc) is 2.39. The van der Waals surface area contributed by atoms with Gasteiger partial charge in [-0.2, -0.15) is 5.10 Å². The summed E-state index contributed by atoms with van der Waals surface area (Å²) in [6.45, 7) is 0. The number of halogens is 1. The number of hydrazone groups is 1. The van der Waals surface area contributed by atoms with Crippen molar-refractivity contribution in [2.45, 2.75) is 0 Å². The molecule has 19 heavy (non-hydrogen) atoms. The largest absolute Gasteiger partial charge is 0.508 e. The molecule has 0 aromatic heterocycles. The number of hydrogen-bond donors (Lipinski definition) is 2. The Morgan fingerprint density at radius 3 is 2.63 bits per heavy atom. The monoisotopic (exact) mass is 258 g/mol. The first-order chi connectivity index (χ1) is 9.15. The van der Waals surface area contributed by atoms with Gasteiger partial charge >= 0.3 is 0 Å². The fourth-order valence-electron chi connectivity index (χ4n) is 1.43. The molecule has 0 saturated heterocycles. The molecule has 0 aliphatic heterocycles. The van der Waals surface area contributed by atoms with Crippen molar-refractivity contribution in [2.75, 3.05) is 0 Å². The number of nitrogens with one attached hydrogen (secondary N) is 1. The second-order valence-electron chi connectivity index (χ2n) is 3.80. The van der Waals surface area contributed by atoms with Crippen molar-refractivity contribution >= 4 is 12.1 Å². The minimum absolute atomic E-state index is 0.0832. The summed E-state index contributed by atoms with van der Waals surface area (Å²) in [5, 5.41) is 12.8. The number of rotatable bonds is 3. The summed E-state index contributed by atoms with van der Waals surface area (Å²) in [5.41, 5.74) is 3.23. The highest BCUT2D eigenvalue weighted by molar-refractivity contribution is 5.94. The number of carbonyl (C=O) groups is 1. The Balaban J connectivity index is 1.98. The predicted molar refractivity (Wildman–Crippen MR) is 69.6 cm³/mol. The van der Waals surface area contributed by atoms with Crippen molar-refractivity contribution in [1.29, 1.82) is 0 Å². The van der Waals surface area contributed by atoms with Crippen LogP contribution in [0.3, 0.4) is 0 Å². The third-order valence-electron chi connectivity index (χ3n) is 2.36. The number of nitrogens with zero attached hydrogens (tertiary/aromatic N) is 1. The summed E-state index contributed by atoms with van der Waals surface area (Å²) in [4.78, 5) is 11.6. The van der Waals surface area contributed by atoms with Crippen LogP contribution in [0.2, 0.25) is 0 Å². The topological polar surface area (TPSA) is 61.7 Å². The van der Waals surface area contributed by atoms with Gasteiger partial charge in [0.25, 0.3) is 5.91 Å². The van der Waals surface area contributed by atoms with Crippen LogP contribution >= 0.6 is 0 Å². The van der Waals surface area contributed by atoms with E-state index in [9.17, 15) is 9.18 Å². The molecule has 0 atom stereocenters. The second kappa shape index (κ2) is 5.77. The van der Waals surface area contributed by atoms with E-state index in [0.717, 1.165) is 0 Å². The van der Waals surface area contributed by atoms with E-state index in [-0.39, 0.29) is 11.6 Å². The van der Waals surface area contributed by atoms with E-state index in [0.29, 0.717) is 11.1 Å². The maximum atomic E-state index is 12.9. The molecular weight excluding hydrogens is 247 g/mol. The lowest BCUT2D eigenvalue weighted by molar-refractivity contribution is 0.0955. The molecule has 2 aromatic rings. The van der Waals surface area contributed by atoms with Gasteiger partial charge in [0, 0.05) is 5.56 Å². The van der Waals surface area contributed by atoms with E-state index < -0.39 is 5.91 Å². The number of phenolic OH excluding ortho intramolecular Hbond substituents is 1. The molecule has 0 aliphatic carbocycles. The first kappa shape index (κ1) is 12.8. The molecule has 2 rings (SSSR count). The summed E-state index contributed by atoms with van der Waals surface area (Å²) in [6.07, 6.45) is 1.35. The van der Waals surface area contributed by atoms with Crippen LogP contribution in [-0.2, 0) is 0 Å². The van der Waals surface area contributed by atoms with Crippen LogP contribution in [0.4, 0.5) is 4.39 Å². The number of aromatic hydroxyl groups is 1. The van der Waals surface area contributed by atoms with Gasteiger partial charge in [-0.05, 0) is 42.0 Å². The second-order valence-corrected chi connectivity index (χ2v) is 3.80. The highest BCUT2D eigenvalue weighted by atomic mass is 19.1.